The van der Waals surface area contributed by atoms with Crippen molar-refractivity contribution in [3.05, 3.63) is 54.6 Å². The fraction of sp³-hybridized carbons (Fsp3) is 0.333. The van der Waals surface area contributed by atoms with Crippen molar-refractivity contribution in [2.75, 3.05) is 23.8 Å². The van der Waals surface area contributed by atoms with Gasteiger partial charge in [0.25, 0.3) is 0 Å². The van der Waals surface area contributed by atoms with Crippen LogP contribution in [0.25, 0.3) is 10.2 Å². The molecule has 4 rings (SSSR count). The molecule has 3 aromatic rings. The number of thiazole rings is 1. The summed E-state index contributed by atoms with van der Waals surface area (Å²) in [5.41, 5.74) is 0.828. The van der Waals surface area contributed by atoms with Crippen molar-refractivity contribution in [2.45, 2.75) is 30.3 Å². The van der Waals surface area contributed by atoms with E-state index in [1.165, 1.54) is 11.3 Å². The number of para-hydroxylation sites is 1. The Morgan fingerprint density at radius 1 is 1.14 bits per heavy atom. The van der Waals surface area contributed by atoms with E-state index >= 15 is 0 Å². The number of benzene rings is 2. The zero-order valence-electron chi connectivity index (χ0n) is 15.9. The van der Waals surface area contributed by atoms with Gasteiger partial charge in [-0.25, -0.2) is 13.4 Å². The Hall–Kier alpha value is -2.29. The number of aromatic nitrogens is 1. The number of anilines is 1. The molecule has 2 aromatic carbocycles. The quantitative estimate of drug-likeness (QED) is 0.572. The summed E-state index contributed by atoms with van der Waals surface area (Å²) >= 11 is 1.44. The average Bonchev–Trinajstić information content (AvgIpc) is 3.40. The number of hydrogen-bond acceptors (Lipinski definition) is 6. The molecule has 1 amide bonds. The monoisotopic (exact) mass is 430 g/mol. The summed E-state index contributed by atoms with van der Waals surface area (Å²) in [7, 11) is -3.52. The second kappa shape index (κ2) is 8.61. The smallest absolute Gasteiger partial charge is 0.229 e. The average molecular weight is 431 g/mol. The van der Waals surface area contributed by atoms with Crippen LogP contribution in [0.3, 0.4) is 0 Å². The van der Waals surface area contributed by atoms with Crippen molar-refractivity contribution in [2.24, 2.45) is 0 Å². The number of rotatable bonds is 7. The summed E-state index contributed by atoms with van der Waals surface area (Å²) in [5.74, 6) is -0.484. The summed E-state index contributed by atoms with van der Waals surface area (Å²) in [6.07, 6.45) is 1.71. The highest BCUT2D eigenvalue weighted by Crippen LogP contribution is 2.30. The molecule has 29 heavy (non-hydrogen) atoms. The lowest BCUT2D eigenvalue weighted by atomic mass is 10.2. The summed E-state index contributed by atoms with van der Waals surface area (Å²) < 4.78 is 31.8. The van der Waals surface area contributed by atoms with E-state index in [0.29, 0.717) is 18.3 Å². The van der Waals surface area contributed by atoms with Crippen molar-refractivity contribution in [3.63, 3.8) is 0 Å². The molecule has 1 aromatic heterocycles. The molecule has 2 heterocycles. The van der Waals surface area contributed by atoms with Gasteiger partial charge in [0.15, 0.2) is 15.0 Å². The van der Waals surface area contributed by atoms with Crippen LogP contribution in [0, 0.1) is 0 Å². The first-order valence-corrected chi connectivity index (χ1v) is 12.1. The van der Waals surface area contributed by atoms with Crippen molar-refractivity contribution >= 4 is 42.4 Å². The molecule has 0 saturated carbocycles. The lowest BCUT2D eigenvalue weighted by Gasteiger charge is -2.23. The van der Waals surface area contributed by atoms with E-state index < -0.39 is 9.84 Å². The van der Waals surface area contributed by atoms with E-state index in [4.69, 9.17) is 4.74 Å². The van der Waals surface area contributed by atoms with Gasteiger partial charge in [0.1, 0.15) is 0 Å². The van der Waals surface area contributed by atoms with Crippen molar-refractivity contribution in [1.29, 1.82) is 0 Å². The van der Waals surface area contributed by atoms with Gasteiger partial charge in [-0.15, -0.1) is 0 Å². The van der Waals surface area contributed by atoms with Crippen LogP contribution >= 0.6 is 11.3 Å². The number of ether oxygens (including phenoxy) is 1. The second-order valence-corrected chi connectivity index (χ2v) is 10.1. The highest BCUT2D eigenvalue weighted by molar-refractivity contribution is 7.91. The van der Waals surface area contributed by atoms with Crippen molar-refractivity contribution in [1.82, 2.24) is 4.98 Å². The van der Waals surface area contributed by atoms with E-state index in [1.54, 1.807) is 35.2 Å². The molecule has 1 saturated heterocycles. The molecule has 6 nitrogen and oxygen atoms in total. The van der Waals surface area contributed by atoms with Crippen LogP contribution in [-0.4, -0.2) is 44.3 Å². The molecule has 0 aliphatic carbocycles. The van der Waals surface area contributed by atoms with Crippen LogP contribution in [0.15, 0.2) is 59.5 Å². The maximum atomic E-state index is 13.1. The Morgan fingerprint density at radius 2 is 1.90 bits per heavy atom. The molecular formula is C21H22N2O4S2. The van der Waals surface area contributed by atoms with Gasteiger partial charge in [-0.05, 0) is 37.1 Å². The van der Waals surface area contributed by atoms with Crippen LogP contribution in [0.5, 0.6) is 0 Å². The Kier molecular flexibility index (Phi) is 5.94. The van der Waals surface area contributed by atoms with Gasteiger partial charge in [0, 0.05) is 13.0 Å². The second-order valence-electron chi connectivity index (χ2n) is 6.99. The van der Waals surface area contributed by atoms with Crippen molar-refractivity contribution < 1.29 is 17.9 Å². The minimum absolute atomic E-state index is 0.0447. The predicted octanol–water partition coefficient (Wildman–Crippen LogP) is 3.67. The number of sulfone groups is 1. The number of amides is 1. The molecule has 0 radical (unpaired) electrons. The number of fused-ring (bicyclic) bond motifs is 1. The van der Waals surface area contributed by atoms with Crippen LogP contribution in [0.2, 0.25) is 0 Å². The molecule has 1 aliphatic rings. The van der Waals surface area contributed by atoms with E-state index in [-0.39, 0.29) is 29.1 Å². The molecule has 1 atom stereocenters. The minimum Gasteiger partial charge on any atom is -0.376 e. The Bertz CT molecular complexity index is 1060. The molecule has 0 bridgehead atoms. The number of carbonyl (C=O) groups excluding carboxylic acids is 1. The fourth-order valence-corrected chi connectivity index (χ4v) is 5.60. The van der Waals surface area contributed by atoms with Crippen LogP contribution in [0.4, 0.5) is 5.13 Å². The van der Waals surface area contributed by atoms with Gasteiger partial charge in [0.05, 0.1) is 33.5 Å². The standard InChI is InChI=1S/C21H22N2O4S2/c24-20(12-14-29(25,26)17-8-2-1-3-9-17)23(15-16-7-6-13-27-16)21-22-18-10-4-5-11-19(18)28-21/h1-5,8-11,16H,6-7,12-15H2. The summed E-state index contributed by atoms with van der Waals surface area (Å²) in [4.78, 5) is 19.5. The fourth-order valence-electron chi connectivity index (χ4n) is 3.36. The van der Waals surface area contributed by atoms with Gasteiger partial charge in [-0.3, -0.25) is 9.69 Å². The number of nitrogens with zero attached hydrogens (tertiary/aromatic N) is 2. The van der Waals surface area contributed by atoms with Crippen LogP contribution < -0.4 is 4.90 Å². The maximum absolute atomic E-state index is 13.1. The molecule has 1 aliphatic heterocycles. The van der Waals surface area contributed by atoms with E-state index in [1.807, 2.05) is 24.3 Å². The summed E-state index contributed by atoms with van der Waals surface area (Å²) in [6.45, 7) is 1.08. The molecule has 1 fully saturated rings. The Labute approximate surface area is 174 Å². The lowest BCUT2D eigenvalue weighted by Crippen LogP contribution is -2.38. The lowest BCUT2D eigenvalue weighted by molar-refractivity contribution is -0.118. The highest BCUT2D eigenvalue weighted by atomic mass is 32.2. The van der Waals surface area contributed by atoms with Crippen molar-refractivity contribution in [3.8, 4) is 0 Å². The van der Waals surface area contributed by atoms with Crippen LogP contribution in [-0.2, 0) is 19.4 Å². The van der Waals surface area contributed by atoms with Gasteiger partial charge < -0.3 is 4.74 Å². The third-order valence-corrected chi connectivity index (χ3v) is 7.70. The number of carbonyl (C=O) groups is 1. The molecule has 8 heteroatoms. The van der Waals surface area contributed by atoms with Gasteiger partial charge >= 0.3 is 0 Å². The van der Waals surface area contributed by atoms with E-state index in [2.05, 4.69) is 4.98 Å². The van der Waals surface area contributed by atoms with E-state index in [0.717, 1.165) is 23.1 Å². The first-order valence-electron chi connectivity index (χ1n) is 9.58. The Morgan fingerprint density at radius 3 is 2.62 bits per heavy atom. The molecule has 152 valence electrons. The van der Waals surface area contributed by atoms with Gasteiger partial charge in [-0.2, -0.15) is 0 Å². The SMILES string of the molecule is O=C(CCS(=O)(=O)c1ccccc1)N(CC1CCCO1)c1nc2ccccc2s1. The molecule has 0 N–H and O–H groups in total. The largest absolute Gasteiger partial charge is 0.376 e. The highest BCUT2D eigenvalue weighted by Gasteiger charge is 2.27. The van der Waals surface area contributed by atoms with E-state index in [9.17, 15) is 13.2 Å². The molecule has 1 unspecified atom stereocenters. The first kappa shape index (κ1) is 20.0. The topological polar surface area (TPSA) is 76.6 Å². The maximum Gasteiger partial charge on any atom is 0.229 e. The van der Waals surface area contributed by atoms with Crippen LogP contribution in [0.1, 0.15) is 19.3 Å². The third kappa shape index (κ3) is 4.66. The first-order chi connectivity index (χ1) is 14.0. The van der Waals surface area contributed by atoms with Gasteiger partial charge in [0.2, 0.25) is 5.91 Å². The Balaban J connectivity index is 1.54. The number of hydrogen-bond donors (Lipinski definition) is 0. The third-order valence-electron chi connectivity index (χ3n) is 4.91. The zero-order valence-corrected chi connectivity index (χ0v) is 17.5. The molecule has 0 spiro atoms. The summed E-state index contributed by atoms with van der Waals surface area (Å²) in [6, 6.07) is 15.9. The minimum atomic E-state index is -3.52. The normalized spacial score (nSPS) is 16.9. The predicted molar refractivity (Wildman–Crippen MR) is 114 cm³/mol. The zero-order chi connectivity index (χ0) is 20.3. The summed E-state index contributed by atoms with van der Waals surface area (Å²) in [5, 5.41) is 0.587. The van der Waals surface area contributed by atoms with Gasteiger partial charge in [-0.1, -0.05) is 41.7 Å². The molecular weight excluding hydrogens is 408 g/mol.